The van der Waals surface area contributed by atoms with E-state index in [1.165, 1.54) is 4.90 Å². The van der Waals surface area contributed by atoms with Gasteiger partial charge in [0.2, 0.25) is 0 Å². The van der Waals surface area contributed by atoms with Crippen LogP contribution in [0.25, 0.3) is 22.0 Å². The molecule has 2 heterocycles. The number of primary amides is 1. The molecule has 1 aromatic heterocycles. The number of methoxy groups -OCH3 is 1. The van der Waals surface area contributed by atoms with Gasteiger partial charge in [0.15, 0.2) is 11.6 Å². The van der Waals surface area contributed by atoms with Gasteiger partial charge in [-0.2, -0.15) is 0 Å². The molecule has 0 spiro atoms. The largest absolute Gasteiger partial charge is 0.497 e. The standard InChI is InChI=1S/C24H19F2N3O2/c1-31-16-4-2-3-13(8-16)14-5-6-17-15(7-14)12-29(24(27)30)23(17)19-11-28-22-10-21(26)20(25)9-18(19)22/h2-11,23,28H,12H2,1H3,(H2,27,30). The van der Waals surface area contributed by atoms with Crippen LogP contribution in [0.3, 0.4) is 0 Å². The SMILES string of the molecule is COc1cccc(-c2ccc3c(c2)CN(C(N)=O)C3c2c[nH]c3cc(F)c(F)cc23)c1. The van der Waals surface area contributed by atoms with Gasteiger partial charge >= 0.3 is 6.03 Å². The van der Waals surface area contributed by atoms with Crippen LogP contribution in [0.5, 0.6) is 5.75 Å². The van der Waals surface area contributed by atoms with E-state index in [0.29, 0.717) is 23.0 Å². The van der Waals surface area contributed by atoms with Crippen LogP contribution in [0.15, 0.2) is 60.8 Å². The fourth-order valence-corrected chi connectivity index (χ4v) is 4.34. The molecule has 0 saturated heterocycles. The van der Waals surface area contributed by atoms with Gasteiger partial charge in [0, 0.05) is 35.3 Å². The molecule has 156 valence electrons. The fourth-order valence-electron chi connectivity index (χ4n) is 4.34. The number of nitrogens with one attached hydrogen (secondary N) is 1. The maximum atomic E-state index is 13.9. The molecule has 0 aliphatic carbocycles. The Bertz CT molecular complexity index is 1330. The first-order valence-electron chi connectivity index (χ1n) is 9.75. The average Bonchev–Trinajstić information content (AvgIpc) is 3.34. The highest BCUT2D eigenvalue weighted by Gasteiger charge is 2.35. The summed E-state index contributed by atoms with van der Waals surface area (Å²) in [5.74, 6) is -1.12. The number of hydrogen-bond donors (Lipinski definition) is 2. The zero-order valence-corrected chi connectivity index (χ0v) is 16.7. The number of aromatic amines is 1. The number of amides is 2. The van der Waals surface area contributed by atoms with Crippen LogP contribution in [-0.2, 0) is 6.54 Å². The second-order valence-electron chi connectivity index (χ2n) is 7.57. The summed E-state index contributed by atoms with van der Waals surface area (Å²) in [6.07, 6.45) is 1.68. The van der Waals surface area contributed by atoms with E-state index in [9.17, 15) is 13.6 Å². The van der Waals surface area contributed by atoms with E-state index in [4.69, 9.17) is 10.5 Å². The Hall–Kier alpha value is -3.87. The number of carbonyl (C=O) groups is 1. The zero-order chi connectivity index (χ0) is 21.7. The summed E-state index contributed by atoms with van der Waals surface area (Å²) in [5, 5.41) is 0.514. The number of aromatic nitrogens is 1. The summed E-state index contributed by atoms with van der Waals surface area (Å²) in [7, 11) is 1.62. The van der Waals surface area contributed by atoms with Gasteiger partial charge in [-0.05, 0) is 46.5 Å². The van der Waals surface area contributed by atoms with Crippen molar-refractivity contribution in [1.82, 2.24) is 9.88 Å². The minimum absolute atomic E-state index is 0.323. The maximum Gasteiger partial charge on any atom is 0.315 e. The third kappa shape index (κ3) is 3.09. The summed E-state index contributed by atoms with van der Waals surface area (Å²) >= 11 is 0. The number of nitrogens with two attached hydrogens (primary N) is 1. The highest BCUT2D eigenvalue weighted by molar-refractivity contribution is 5.86. The number of urea groups is 1. The summed E-state index contributed by atoms with van der Waals surface area (Å²) in [6, 6.07) is 14.9. The molecule has 3 N–H and O–H groups in total. The zero-order valence-electron chi connectivity index (χ0n) is 16.7. The predicted molar refractivity (Wildman–Crippen MR) is 114 cm³/mol. The molecule has 5 nitrogen and oxygen atoms in total. The smallest absolute Gasteiger partial charge is 0.315 e. The van der Waals surface area contributed by atoms with Crippen LogP contribution >= 0.6 is 0 Å². The molecule has 31 heavy (non-hydrogen) atoms. The van der Waals surface area contributed by atoms with Gasteiger partial charge < -0.3 is 20.4 Å². The van der Waals surface area contributed by atoms with Crippen molar-refractivity contribution < 1.29 is 18.3 Å². The molecule has 0 radical (unpaired) electrons. The lowest BCUT2D eigenvalue weighted by Crippen LogP contribution is -2.34. The molecule has 0 fully saturated rings. The Kier molecular flexibility index (Phi) is 4.39. The number of halogens is 2. The van der Waals surface area contributed by atoms with Gasteiger partial charge in [0.1, 0.15) is 5.75 Å². The van der Waals surface area contributed by atoms with E-state index >= 15 is 0 Å². The minimum Gasteiger partial charge on any atom is -0.497 e. The van der Waals surface area contributed by atoms with Crippen LogP contribution in [0, 0.1) is 11.6 Å². The first kappa shape index (κ1) is 19.1. The first-order chi connectivity index (χ1) is 15.0. The first-order valence-corrected chi connectivity index (χ1v) is 9.75. The summed E-state index contributed by atoms with van der Waals surface area (Å²) in [6.45, 7) is 0.323. The van der Waals surface area contributed by atoms with Gasteiger partial charge in [-0.15, -0.1) is 0 Å². The van der Waals surface area contributed by atoms with Crippen molar-refractivity contribution in [3.63, 3.8) is 0 Å². The normalized spacial score (nSPS) is 15.3. The second-order valence-corrected chi connectivity index (χ2v) is 7.57. The lowest BCUT2D eigenvalue weighted by Gasteiger charge is -2.23. The Morgan fingerprint density at radius 3 is 2.61 bits per heavy atom. The highest BCUT2D eigenvalue weighted by Crippen LogP contribution is 2.42. The highest BCUT2D eigenvalue weighted by atomic mass is 19.2. The predicted octanol–water partition coefficient (Wildman–Crippen LogP) is 5.11. The monoisotopic (exact) mass is 419 g/mol. The molecular formula is C24H19F2N3O2. The van der Waals surface area contributed by atoms with Crippen molar-refractivity contribution in [2.24, 2.45) is 5.73 Å². The number of ether oxygens (including phenoxy) is 1. The second kappa shape index (κ2) is 7.12. The number of nitrogens with zero attached hydrogens (tertiary/aromatic N) is 1. The van der Waals surface area contributed by atoms with Crippen molar-refractivity contribution in [3.8, 4) is 16.9 Å². The Morgan fingerprint density at radius 2 is 1.84 bits per heavy atom. The van der Waals surface area contributed by atoms with Crippen LogP contribution in [-0.4, -0.2) is 23.0 Å². The van der Waals surface area contributed by atoms with Crippen molar-refractivity contribution >= 4 is 16.9 Å². The molecule has 1 atom stereocenters. The third-order valence-electron chi connectivity index (χ3n) is 5.83. The molecule has 1 aliphatic rings. The van der Waals surface area contributed by atoms with Crippen LogP contribution < -0.4 is 10.5 Å². The van der Waals surface area contributed by atoms with Gasteiger partial charge in [-0.3, -0.25) is 0 Å². The Balaban J connectivity index is 1.63. The van der Waals surface area contributed by atoms with E-state index in [0.717, 1.165) is 40.1 Å². The van der Waals surface area contributed by atoms with Crippen LogP contribution in [0.2, 0.25) is 0 Å². The van der Waals surface area contributed by atoms with Gasteiger partial charge in [-0.1, -0.05) is 24.3 Å². The summed E-state index contributed by atoms with van der Waals surface area (Å²) in [4.78, 5) is 16.8. The maximum absolute atomic E-state index is 13.9. The van der Waals surface area contributed by atoms with Crippen LogP contribution in [0.1, 0.15) is 22.7 Å². The lowest BCUT2D eigenvalue weighted by molar-refractivity contribution is 0.199. The van der Waals surface area contributed by atoms with E-state index in [-0.39, 0.29) is 0 Å². The number of hydrogen-bond acceptors (Lipinski definition) is 2. The lowest BCUT2D eigenvalue weighted by atomic mass is 9.94. The van der Waals surface area contributed by atoms with Crippen molar-refractivity contribution in [2.75, 3.05) is 7.11 Å². The van der Waals surface area contributed by atoms with Gasteiger partial charge in [0.05, 0.1) is 13.2 Å². The van der Waals surface area contributed by atoms with E-state index in [1.807, 2.05) is 42.5 Å². The van der Waals surface area contributed by atoms with Gasteiger partial charge in [-0.25, -0.2) is 13.6 Å². The number of fused-ring (bicyclic) bond motifs is 2. The topological polar surface area (TPSA) is 71.3 Å². The number of carbonyl (C=O) groups excluding carboxylic acids is 1. The average molecular weight is 419 g/mol. The van der Waals surface area contributed by atoms with E-state index < -0.39 is 23.7 Å². The number of benzene rings is 3. The molecule has 1 unspecified atom stereocenters. The molecule has 1 aliphatic heterocycles. The van der Waals surface area contributed by atoms with E-state index in [1.54, 1.807) is 13.3 Å². The molecule has 7 heteroatoms. The fraction of sp³-hybridized carbons (Fsp3) is 0.125. The molecule has 0 saturated carbocycles. The molecule has 5 rings (SSSR count). The van der Waals surface area contributed by atoms with Crippen molar-refractivity contribution in [1.29, 1.82) is 0 Å². The third-order valence-corrected chi connectivity index (χ3v) is 5.83. The van der Waals surface area contributed by atoms with E-state index in [2.05, 4.69) is 4.98 Å². The van der Waals surface area contributed by atoms with Crippen molar-refractivity contribution in [2.45, 2.75) is 12.6 Å². The Morgan fingerprint density at radius 1 is 1.06 bits per heavy atom. The molecule has 2 amide bonds. The quantitative estimate of drug-likeness (QED) is 0.485. The van der Waals surface area contributed by atoms with Crippen LogP contribution in [0.4, 0.5) is 13.6 Å². The number of rotatable bonds is 3. The molecular weight excluding hydrogens is 400 g/mol. The molecule has 3 aromatic carbocycles. The molecule has 4 aromatic rings. The molecule has 0 bridgehead atoms. The summed E-state index contributed by atoms with van der Waals surface area (Å²) < 4.78 is 32.9. The Labute approximate surface area is 177 Å². The van der Waals surface area contributed by atoms with Gasteiger partial charge in [0.25, 0.3) is 0 Å². The summed E-state index contributed by atoms with van der Waals surface area (Å²) in [5.41, 5.74) is 10.6. The number of H-pyrrole nitrogens is 1. The van der Waals surface area contributed by atoms with Crippen molar-refractivity contribution in [3.05, 3.63) is 89.1 Å². The minimum atomic E-state index is -0.939.